The Balaban J connectivity index is 2.09. The van der Waals surface area contributed by atoms with Crippen LogP contribution >= 0.6 is 0 Å². The van der Waals surface area contributed by atoms with Gasteiger partial charge in [0.05, 0.1) is 12.7 Å². The maximum atomic E-state index is 10.3. The van der Waals surface area contributed by atoms with Crippen molar-refractivity contribution in [3.8, 4) is 0 Å². The lowest BCUT2D eigenvalue weighted by molar-refractivity contribution is -0.0114. The van der Waals surface area contributed by atoms with Gasteiger partial charge < -0.3 is 15.3 Å². The zero-order valence-electron chi connectivity index (χ0n) is 18.4. The van der Waals surface area contributed by atoms with Gasteiger partial charge in [-0.1, -0.05) is 114 Å². The highest BCUT2D eigenvalue weighted by Gasteiger charge is 2.24. The Bertz CT molecular complexity index is 506. The number of hydrogen-bond acceptors (Lipinski definition) is 4. The van der Waals surface area contributed by atoms with Crippen molar-refractivity contribution < 1.29 is 15.3 Å². The van der Waals surface area contributed by atoms with Crippen LogP contribution in [-0.4, -0.2) is 46.4 Å². The van der Waals surface area contributed by atoms with Gasteiger partial charge in [-0.2, -0.15) is 0 Å². The van der Waals surface area contributed by atoms with Crippen molar-refractivity contribution in [1.29, 1.82) is 0 Å². The Hall–Kier alpha value is -1.23. The molecule has 0 saturated heterocycles. The van der Waals surface area contributed by atoms with Gasteiger partial charge in [-0.15, -0.1) is 0 Å². The first-order chi connectivity index (χ1) is 14.2. The summed E-state index contributed by atoms with van der Waals surface area (Å²) in [5, 5.41) is 30.1. The largest absolute Gasteiger partial charge is 0.394 e. The minimum atomic E-state index is -1.03. The molecule has 0 aliphatic carbocycles. The van der Waals surface area contributed by atoms with E-state index in [0.29, 0.717) is 6.42 Å². The normalized spacial score (nSPS) is 14.9. The molecular weight excluding hydrogens is 362 g/mol. The smallest absolute Gasteiger partial charge is 0.104 e. The SMILES string of the molecule is CCCCCCCCCCCCCC[C@@H](O)[C@@H](O)[C@H](CO)N=Cc1ccccc1. The summed E-state index contributed by atoms with van der Waals surface area (Å²) >= 11 is 0. The molecule has 0 amide bonds. The van der Waals surface area contributed by atoms with Gasteiger partial charge >= 0.3 is 0 Å². The predicted molar refractivity (Wildman–Crippen MR) is 123 cm³/mol. The van der Waals surface area contributed by atoms with Gasteiger partial charge in [0, 0.05) is 6.21 Å². The van der Waals surface area contributed by atoms with E-state index in [1.54, 1.807) is 6.21 Å². The molecule has 0 radical (unpaired) electrons. The number of unbranched alkanes of at least 4 members (excludes halogenated alkanes) is 11. The Morgan fingerprint density at radius 1 is 0.793 bits per heavy atom. The summed E-state index contributed by atoms with van der Waals surface area (Å²) in [5.74, 6) is 0. The average Bonchev–Trinajstić information content (AvgIpc) is 2.75. The van der Waals surface area contributed by atoms with Gasteiger partial charge in [-0.3, -0.25) is 4.99 Å². The highest BCUT2D eigenvalue weighted by Crippen LogP contribution is 2.15. The maximum absolute atomic E-state index is 10.3. The number of aliphatic imine (C=N–C) groups is 1. The lowest BCUT2D eigenvalue weighted by Gasteiger charge is -2.22. The van der Waals surface area contributed by atoms with Crippen LogP contribution in [0.4, 0.5) is 0 Å². The predicted octanol–water partition coefficient (Wildman–Crippen LogP) is 5.28. The van der Waals surface area contributed by atoms with Crippen LogP contribution in [0.1, 0.15) is 96.0 Å². The Morgan fingerprint density at radius 3 is 1.83 bits per heavy atom. The molecule has 4 heteroatoms. The monoisotopic (exact) mass is 405 g/mol. The van der Waals surface area contributed by atoms with E-state index in [-0.39, 0.29) is 6.61 Å². The molecule has 4 nitrogen and oxygen atoms in total. The van der Waals surface area contributed by atoms with Crippen molar-refractivity contribution in [3.05, 3.63) is 35.9 Å². The molecule has 0 unspecified atom stereocenters. The molecule has 1 aromatic carbocycles. The van der Waals surface area contributed by atoms with E-state index in [2.05, 4.69) is 11.9 Å². The molecule has 0 fully saturated rings. The van der Waals surface area contributed by atoms with Crippen LogP contribution in [0.2, 0.25) is 0 Å². The summed E-state index contributed by atoms with van der Waals surface area (Å²) in [7, 11) is 0. The number of rotatable bonds is 18. The van der Waals surface area contributed by atoms with Crippen molar-refractivity contribution >= 4 is 6.21 Å². The molecule has 3 N–H and O–H groups in total. The minimum absolute atomic E-state index is 0.278. The highest BCUT2D eigenvalue weighted by atomic mass is 16.3. The lowest BCUT2D eigenvalue weighted by atomic mass is 9.99. The third-order valence-corrected chi connectivity index (χ3v) is 5.54. The fraction of sp³-hybridized carbons (Fsp3) is 0.720. The van der Waals surface area contributed by atoms with Gasteiger partial charge in [0.15, 0.2) is 0 Å². The van der Waals surface area contributed by atoms with Crippen LogP contribution < -0.4 is 0 Å². The van der Waals surface area contributed by atoms with Crippen molar-refractivity contribution in [1.82, 2.24) is 0 Å². The fourth-order valence-corrected chi connectivity index (χ4v) is 3.59. The van der Waals surface area contributed by atoms with E-state index >= 15 is 0 Å². The Labute approximate surface area is 178 Å². The number of nitrogens with zero attached hydrogens (tertiary/aromatic N) is 1. The van der Waals surface area contributed by atoms with Gasteiger partial charge in [-0.05, 0) is 12.0 Å². The molecule has 29 heavy (non-hydrogen) atoms. The second kappa shape index (κ2) is 17.6. The second-order valence-corrected chi connectivity index (χ2v) is 8.17. The number of hydrogen-bond donors (Lipinski definition) is 3. The van der Waals surface area contributed by atoms with E-state index in [9.17, 15) is 15.3 Å². The van der Waals surface area contributed by atoms with E-state index in [4.69, 9.17) is 0 Å². The lowest BCUT2D eigenvalue weighted by Crippen LogP contribution is -2.38. The zero-order chi connectivity index (χ0) is 21.2. The molecule has 0 aliphatic heterocycles. The van der Waals surface area contributed by atoms with Crippen molar-refractivity contribution in [3.63, 3.8) is 0 Å². The molecule has 1 aromatic rings. The van der Waals surface area contributed by atoms with Crippen LogP contribution in [0.3, 0.4) is 0 Å². The van der Waals surface area contributed by atoms with Gasteiger partial charge in [0.1, 0.15) is 12.1 Å². The van der Waals surface area contributed by atoms with E-state index in [1.807, 2.05) is 30.3 Å². The van der Waals surface area contributed by atoms with Gasteiger partial charge in [-0.25, -0.2) is 0 Å². The summed E-state index contributed by atoms with van der Waals surface area (Å²) in [6.07, 6.45) is 15.6. The molecule has 0 spiro atoms. The zero-order valence-corrected chi connectivity index (χ0v) is 18.4. The van der Waals surface area contributed by atoms with E-state index in [0.717, 1.165) is 18.4 Å². The highest BCUT2D eigenvalue weighted by molar-refractivity contribution is 5.79. The first-order valence-electron chi connectivity index (χ1n) is 11.7. The molecule has 0 saturated carbocycles. The standard InChI is InChI=1S/C25H43NO3/c1-2-3-4-5-6-7-8-9-10-11-12-16-19-24(28)25(29)23(21-27)26-20-22-17-14-13-15-18-22/h13-15,17-18,20,23-25,27-29H,2-12,16,19,21H2,1H3/t23-,24+,25-/m0/s1. The maximum Gasteiger partial charge on any atom is 0.104 e. The van der Waals surface area contributed by atoms with Crippen LogP contribution in [0.25, 0.3) is 0 Å². The summed E-state index contributed by atoms with van der Waals surface area (Å²) in [6.45, 7) is 1.98. The Kier molecular flexibility index (Phi) is 15.7. The second-order valence-electron chi connectivity index (χ2n) is 8.17. The fourth-order valence-electron chi connectivity index (χ4n) is 3.59. The van der Waals surface area contributed by atoms with Crippen molar-refractivity contribution in [2.45, 2.75) is 109 Å². The van der Waals surface area contributed by atoms with E-state index < -0.39 is 18.2 Å². The Morgan fingerprint density at radius 2 is 1.31 bits per heavy atom. The third-order valence-electron chi connectivity index (χ3n) is 5.54. The number of aliphatic hydroxyl groups excluding tert-OH is 3. The number of aliphatic hydroxyl groups is 3. The molecule has 1 rings (SSSR count). The van der Waals surface area contributed by atoms with Gasteiger partial charge in [0.2, 0.25) is 0 Å². The summed E-state index contributed by atoms with van der Waals surface area (Å²) in [5.41, 5.74) is 0.911. The minimum Gasteiger partial charge on any atom is -0.394 e. The summed E-state index contributed by atoms with van der Waals surface area (Å²) in [6, 6.07) is 8.87. The van der Waals surface area contributed by atoms with Crippen LogP contribution in [-0.2, 0) is 0 Å². The first-order valence-corrected chi connectivity index (χ1v) is 11.7. The van der Waals surface area contributed by atoms with Crippen LogP contribution in [0.5, 0.6) is 0 Å². The van der Waals surface area contributed by atoms with Gasteiger partial charge in [0.25, 0.3) is 0 Å². The summed E-state index contributed by atoms with van der Waals surface area (Å²) in [4.78, 5) is 4.26. The molecular formula is C25H43NO3. The molecule has 0 aliphatic rings. The van der Waals surface area contributed by atoms with Crippen LogP contribution in [0.15, 0.2) is 35.3 Å². The summed E-state index contributed by atoms with van der Waals surface area (Å²) < 4.78 is 0. The molecule has 0 heterocycles. The molecule has 0 bridgehead atoms. The van der Waals surface area contributed by atoms with Crippen LogP contribution in [0, 0.1) is 0 Å². The average molecular weight is 406 g/mol. The third kappa shape index (κ3) is 12.8. The molecule has 0 aromatic heterocycles. The first kappa shape index (κ1) is 25.8. The number of benzene rings is 1. The van der Waals surface area contributed by atoms with E-state index in [1.165, 1.54) is 64.2 Å². The molecule has 166 valence electrons. The van der Waals surface area contributed by atoms with Crippen molar-refractivity contribution in [2.24, 2.45) is 4.99 Å². The molecule has 3 atom stereocenters. The van der Waals surface area contributed by atoms with Crippen molar-refractivity contribution in [2.75, 3.05) is 6.61 Å². The topological polar surface area (TPSA) is 73.0 Å². The quantitative estimate of drug-likeness (QED) is 0.230.